The molecule has 0 saturated carbocycles. The van der Waals surface area contributed by atoms with Gasteiger partial charge >= 0.3 is 0 Å². The fraction of sp³-hybridized carbons (Fsp3) is 0. The van der Waals surface area contributed by atoms with Crippen LogP contribution in [0.25, 0.3) is 61.1 Å². The highest BCUT2D eigenvalue weighted by atomic mass is 15.2. The second-order valence-electron chi connectivity index (χ2n) is 11.1. The first-order valence-electron chi connectivity index (χ1n) is 14.8. The summed E-state index contributed by atoms with van der Waals surface area (Å²) in [6, 6.07) is 51.5. The summed E-state index contributed by atoms with van der Waals surface area (Å²) in [6.45, 7) is 0. The topological polar surface area (TPSA) is 34.0 Å². The minimum Gasteiger partial charge on any atom is -0.309 e. The minimum absolute atomic E-state index is 0.914. The first kappa shape index (κ1) is 24.6. The molecule has 4 nitrogen and oxygen atoms in total. The molecule has 0 amide bonds. The van der Waals surface area contributed by atoms with Gasteiger partial charge in [0.25, 0.3) is 0 Å². The van der Waals surface area contributed by atoms with Crippen molar-refractivity contribution in [2.24, 2.45) is 0 Å². The van der Waals surface area contributed by atoms with E-state index in [4.69, 9.17) is 4.98 Å². The van der Waals surface area contributed by atoms with E-state index >= 15 is 0 Å². The number of benzene rings is 6. The van der Waals surface area contributed by atoms with E-state index in [1.54, 1.807) is 0 Å². The van der Waals surface area contributed by atoms with Gasteiger partial charge in [0.2, 0.25) is 0 Å². The van der Waals surface area contributed by atoms with E-state index in [0.717, 1.165) is 50.7 Å². The molecule has 0 saturated heterocycles. The molecule has 1 aliphatic rings. The second-order valence-corrected chi connectivity index (χ2v) is 11.1. The standard InChI is InChI=1S/C40H26N4/c1-3-11-27(12-4-1)30-23-28-13-10-20-38-39(28)33(25-30)34-26-41-22-21-36(34)43(38)32-17-9-14-29(24-32)40-42-35-18-7-8-19-37(35)44(40)31-15-5-2-6-16-31/h1-26H. The number of nitrogens with zero attached hydrogens (tertiary/aromatic N) is 4. The largest absolute Gasteiger partial charge is 0.309 e. The number of anilines is 3. The van der Waals surface area contributed by atoms with E-state index < -0.39 is 0 Å². The van der Waals surface area contributed by atoms with Crippen LogP contribution in [0, 0.1) is 0 Å². The number of imidazole rings is 1. The summed E-state index contributed by atoms with van der Waals surface area (Å²) in [5.41, 5.74) is 12.3. The van der Waals surface area contributed by atoms with E-state index in [1.165, 1.54) is 27.5 Å². The molecular formula is C40H26N4. The highest BCUT2D eigenvalue weighted by Crippen LogP contribution is 2.51. The van der Waals surface area contributed by atoms with Crippen molar-refractivity contribution in [2.75, 3.05) is 4.90 Å². The molecule has 6 aromatic carbocycles. The zero-order valence-electron chi connectivity index (χ0n) is 23.8. The summed E-state index contributed by atoms with van der Waals surface area (Å²) in [5.74, 6) is 0.914. The third-order valence-electron chi connectivity index (χ3n) is 8.57. The molecule has 44 heavy (non-hydrogen) atoms. The van der Waals surface area contributed by atoms with Gasteiger partial charge in [0.05, 0.1) is 22.4 Å². The van der Waals surface area contributed by atoms with E-state index in [0.29, 0.717) is 0 Å². The minimum atomic E-state index is 0.914. The van der Waals surface area contributed by atoms with E-state index in [-0.39, 0.29) is 0 Å². The first-order valence-corrected chi connectivity index (χ1v) is 14.8. The molecule has 3 heterocycles. The molecule has 4 heteroatoms. The van der Waals surface area contributed by atoms with Gasteiger partial charge in [-0.2, -0.15) is 0 Å². The van der Waals surface area contributed by atoms with E-state index in [1.807, 2.05) is 24.5 Å². The third-order valence-corrected chi connectivity index (χ3v) is 8.57. The van der Waals surface area contributed by atoms with Crippen LogP contribution in [0.3, 0.4) is 0 Å². The Kier molecular flexibility index (Phi) is 5.47. The number of para-hydroxylation sites is 3. The maximum atomic E-state index is 5.14. The number of fused-ring (bicyclic) bond motifs is 3. The highest BCUT2D eigenvalue weighted by Gasteiger charge is 2.27. The number of hydrogen-bond donors (Lipinski definition) is 0. The van der Waals surface area contributed by atoms with Crippen LogP contribution in [-0.2, 0) is 0 Å². The summed E-state index contributed by atoms with van der Waals surface area (Å²) >= 11 is 0. The van der Waals surface area contributed by atoms with Gasteiger partial charge in [-0.1, -0.05) is 84.9 Å². The quantitative estimate of drug-likeness (QED) is 0.214. The summed E-state index contributed by atoms with van der Waals surface area (Å²) in [4.78, 5) is 12.1. The van der Waals surface area contributed by atoms with Crippen molar-refractivity contribution in [3.8, 4) is 39.3 Å². The lowest BCUT2D eigenvalue weighted by Gasteiger charge is -2.33. The SMILES string of the molecule is c1ccc(-c2cc3c4c(cccc4c2)N(c2cccc(-c4nc5ccccc5n4-c4ccccc4)c2)c2ccncc2-3)cc1. The van der Waals surface area contributed by atoms with E-state index in [9.17, 15) is 0 Å². The van der Waals surface area contributed by atoms with Crippen molar-refractivity contribution < 1.29 is 0 Å². The van der Waals surface area contributed by atoms with Gasteiger partial charge < -0.3 is 4.90 Å². The van der Waals surface area contributed by atoms with Gasteiger partial charge in [-0.15, -0.1) is 0 Å². The predicted octanol–water partition coefficient (Wildman–Crippen LogP) is 10.4. The van der Waals surface area contributed by atoms with Gasteiger partial charge in [0, 0.05) is 40.3 Å². The maximum absolute atomic E-state index is 5.14. The van der Waals surface area contributed by atoms with Gasteiger partial charge in [-0.3, -0.25) is 9.55 Å². The van der Waals surface area contributed by atoms with Crippen molar-refractivity contribution in [2.45, 2.75) is 0 Å². The van der Waals surface area contributed by atoms with Crippen molar-refractivity contribution in [3.05, 3.63) is 158 Å². The third kappa shape index (κ3) is 3.78. The van der Waals surface area contributed by atoms with Gasteiger partial charge in [0.15, 0.2) is 0 Å². The molecule has 2 aromatic heterocycles. The smallest absolute Gasteiger partial charge is 0.145 e. The Morgan fingerprint density at radius 3 is 2.14 bits per heavy atom. The molecule has 0 radical (unpaired) electrons. The summed E-state index contributed by atoms with van der Waals surface area (Å²) < 4.78 is 2.25. The Hall–Kier alpha value is -6.00. The Labute approximate surface area is 255 Å². The number of aromatic nitrogens is 3. The second kappa shape index (κ2) is 9.79. The van der Waals surface area contributed by atoms with Crippen molar-refractivity contribution in [3.63, 3.8) is 0 Å². The van der Waals surface area contributed by atoms with Gasteiger partial charge in [-0.25, -0.2) is 4.98 Å². The normalized spacial score (nSPS) is 12.0. The number of rotatable bonds is 4. The molecule has 0 aliphatic carbocycles. The van der Waals surface area contributed by atoms with Crippen LogP contribution in [0.1, 0.15) is 0 Å². The lowest BCUT2D eigenvalue weighted by molar-refractivity contribution is 1.10. The number of pyridine rings is 1. The highest BCUT2D eigenvalue weighted by molar-refractivity contribution is 6.15. The van der Waals surface area contributed by atoms with Crippen LogP contribution in [0.5, 0.6) is 0 Å². The molecule has 0 bridgehead atoms. The zero-order chi connectivity index (χ0) is 29.0. The van der Waals surface area contributed by atoms with Crippen LogP contribution in [0.2, 0.25) is 0 Å². The predicted molar refractivity (Wildman–Crippen MR) is 181 cm³/mol. The monoisotopic (exact) mass is 562 g/mol. The summed E-state index contributed by atoms with van der Waals surface area (Å²) in [5, 5.41) is 2.44. The molecule has 0 fully saturated rings. The lowest BCUT2D eigenvalue weighted by atomic mass is 9.88. The average molecular weight is 563 g/mol. The molecule has 0 unspecified atom stereocenters. The average Bonchev–Trinajstić information content (AvgIpc) is 3.49. The maximum Gasteiger partial charge on any atom is 0.145 e. The van der Waals surface area contributed by atoms with Crippen LogP contribution in [0.15, 0.2) is 158 Å². The number of hydrogen-bond acceptors (Lipinski definition) is 3. The Balaban J connectivity index is 1.26. The van der Waals surface area contributed by atoms with Crippen molar-refractivity contribution in [1.82, 2.24) is 14.5 Å². The molecular weight excluding hydrogens is 536 g/mol. The zero-order valence-corrected chi connectivity index (χ0v) is 23.8. The van der Waals surface area contributed by atoms with Gasteiger partial charge in [-0.05, 0) is 82.7 Å². The van der Waals surface area contributed by atoms with Crippen LogP contribution in [-0.4, -0.2) is 14.5 Å². The summed E-state index contributed by atoms with van der Waals surface area (Å²) in [6.07, 6.45) is 3.89. The van der Waals surface area contributed by atoms with Crippen LogP contribution in [0.4, 0.5) is 17.1 Å². The first-order chi connectivity index (χ1) is 21.8. The molecule has 206 valence electrons. The molecule has 0 spiro atoms. The fourth-order valence-corrected chi connectivity index (χ4v) is 6.64. The van der Waals surface area contributed by atoms with Crippen molar-refractivity contribution >= 4 is 38.9 Å². The lowest BCUT2D eigenvalue weighted by Crippen LogP contribution is -2.15. The fourth-order valence-electron chi connectivity index (χ4n) is 6.64. The van der Waals surface area contributed by atoms with Crippen LogP contribution < -0.4 is 4.90 Å². The van der Waals surface area contributed by atoms with Crippen LogP contribution >= 0.6 is 0 Å². The van der Waals surface area contributed by atoms with Gasteiger partial charge in [0.1, 0.15) is 5.82 Å². The molecule has 0 atom stereocenters. The Morgan fingerprint density at radius 1 is 0.500 bits per heavy atom. The van der Waals surface area contributed by atoms with E-state index in [2.05, 4.69) is 148 Å². The summed E-state index contributed by atoms with van der Waals surface area (Å²) in [7, 11) is 0. The van der Waals surface area contributed by atoms with Crippen molar-refractivity contribution in [1.29, 1.82) is 0 Å². The Morgan fingerprint density at radius 2 is 1.25 bits per heavy atom. The molecule has 0 N–H and O–H groups in total. The molecule has 1 aliphatic heterocycles. The molecule has 8 aromatic rings. The molecule has 9 rings (SSSR count). The Bertz CT molecular complexity index is 2340.